The summed E-state index contributed by atoms with van der Waals surface area (Å²) in [7, 11) is 3.85. The molecule has 1 fully saturated rings. The fourth-order valence-electron chi connectivity index (χ4n) is 1.89. The average molecular weight is 268 g/mol. The maximum atomic E-state index is 12.0. The van der Waals surface area contributed by atoms with Crippen LogP contribution in [0.5, 0.6) is 0 Å². The zero-order valence-corrected chi connectivity index (χ0v) is 11.4. The number of halogens is 1. The van der Waals surface area contributed by atoms with Crippen LogP contribution in [0.1, 0.15) is 12.8 Å². The van der Waals surface area contributed by atoms with E-state index >= 15 is 0 Å². The monoisotopic (exact) mass is 267 g/mol. The standard InChI is InChI=1S/C13H18ClN3O/c1-17(2)11-4-3-9(7-10(11)14)16-12(18)13(8-15)5-6-13/h3-4,7H,5-6,8,15H2,1-2H3,(H,16,18). The van der Waals surface area contributed by atoms with Gasteiger partial charge in [0.05, 0.1) is 16.1 Å². The van der Waals surface area contributed by atoms with Crippen LogP contribution in [0.4, 0.5) is 11.4 Å². The predicted octanol–water partition coefficient (Wildman–Crippen LogP) is 2.08. The van der Waals surface area contributed by atoms with Crippen molar-refractivity contribution in [1.82, 2.24) is 0 Å². The Balaban J connectivity index is 2.11. The minimum absolute atomic E-state index is 0.00123. The van der Waals surface area contributed by atoms with Gasteiger partial charge in [0.15, 0.2) is 0 Å². The van der Waals surface area contributed by atoms with Crippen LogP contribution in [0, 0.1) is 5.41 Å². The summed E-state index contributed by atoms with van der Waals surface area (Å²) in [6, 6.07) is 5.51. The molecule has 0 atom stereocenters. The lowest BCUT2D eigenvalue weighted by atomic mass is 10.1. The summed E-state index contributed by atoms with van der Waals surface area (Å²) in [5.41, 5.74) is 6.93. The van der Waals surface area contributed by atoms with E-state index in [0.29, 0.717) is 11.6 Å². The largest absolute Gasteiger partial charge is 0.376 e. The summed E-state index contributed by atoms with van der Waals surface area (Å²) in [4.78, 5) is 13.9. The predicted molar refractivity (Wildman–Crippen MR) is 75.1 cm³/mol. The highest BCUT2D eigenvalue weighted by atomic mass is 35.5. The Morgan fingerprint density at radius 2 is 2.17 bits per heavy atom. The van der Waals surface area contributed by atoms with Gasteiger partial charge in [0.25, 0.3) is 0 Å². The number of nitrogens with one attached hydrogen (secondary N) is 1. The number of carbonyl (C=O) groups is 1. The van der Waals surface area contributed by atoms with E-state index in [-0.39, 0.29) is 11.3 Å². The van der Waals surface area contributed by atoms with E-state index in [1.807, 2.05) is 31.1 Å². The molecule has 4 nitrogen and oxygen atoms in total. The summed E-state index contributed by atoms with van der Waals surface area (Å²) in [6.07, 6.45) is 1.75. The molecule has 0 unspecified atom stereocenters. The number of hydrogen-bond donors (Lipinski definition) is 2. The first-order valence-electron chi connectivity index (χ1n) is 5.97. The van der Waals surface area contributed by atoms with Crippen LogP contribution in [0.15, 0.2) is 18.2 Å². The van der Waals surface area contributed by atoms with E-state index in [1.54, 1.807) is 6.07 Å². The molecule has 0 radical (unpaired) electrons. The highest BCUT2D eigenvalue weighted by molar-refractivity contribution is 6.33. The molecular weight excluding hydrogens is 250 g/mol. The molecule has 1 amide bonds. The molecule has 18 heavy (non-hydrogen) atoms. The second-order valence-corrected chi connectivity index (χ2v) is 5.41. The van der Waals surface area contributed by atoms with Crippen LogP contribution in [-0.4, -0.2) is 26.5 Å². The summed E-state index contributed by atoms with van der Waals surface area (Å²) in [5.74, 6) is -0.00123. The first kappa shape index (κ1) is 13.2. The lowest BCUT2D eigenvalue weighted by Gasteiger charge is -2.17. The maximum Gasteiger partial charge on any atom is 0.231 e. The lowest BCUT2D eigenvalue weighted by Crippen LogP contribution is -2.30. The molecule has 0 bridgehead atoms. The van der Waals surface area contributed by atoms with Gasteiger partial charge in [-0.1, -0.05) is 11.6 Å². The second-order valence-electron chi connectivity index (χ2n) is 5.00. The van der Waals surface area contributed by atoms with Crippen molar-refractivity contribution in [2.24, 2.45) is 11.1 Å². The molecular formula is C13H18ClN3O. The van der Waals surface area contributed by atoms with Crippen molar-refractivity contribution in [1.29, 1.82) is 0 Å². The minimum Gasteiger partial charge on any atom is -0.376 e. The molecule has 1 saturated carbocycles. The molecule has 0 saturated heterocycles. The molecule has 0 aliphatic heterocycles. The minimum atomic E-state index is -0.341. The third kappa shape index (κ3) is 2.44. The van der Waals surface area contributed by atoms with Crippen LogP contribution in [0.2, 0.25) is 5.02 Å². The summed E-state index contributed by atoms with van der Waals surface area (Å²) >= 11 is 6.15. The van der Waals surface area contributed by atoms with E-state index in [2.05, 4.69) is 5.32 Å². The second kappa shape index (κ2) is 4.78. The van der Waals surface area contributed by atoms with Crippen LogP contribution in [0.3, 0.4) is 0 Å². The molecule has 1 aromatic carbocycles. The van der Waals surface area contributed by atoms with Gasteiger partial charge in [0, 0.05) is 26.3 Å². The number of nitrogens with zero attached hydrogens (tertiary/aromatic N) is 1. The van der Waals surface area contributed by atoms with Crippen molar-refractivity contribution in [3.8, 4) is 0 Å². The molecule has 0 aromatic heterocycles. The van der Waals surface area contributed by atoms with E-state index < -0.39 is 0 Å². The molecule has 0 spiro atoms. The Hall–Kier alpha value is -1.26. The highest BCUT2D eigenvalue weighted by Crippen LogP contribution is 2.45. The van der Waals surface area contributed by atoms with Gasteiger partial charge in [0.2, 0.25) is 5.91 Å². The van der Waals surface area contributed by atoms with Crippen molar-refractivity contribution in [3.63, 3.8) is 0 Å². The Morgan fingerprint density at radius 1 is 1.50 bits per heavy atom. The molecule has 2 rings (SSSR count). The fraction of sp³-hybridized carbons (Fsp3) is 0.462. The fourth-order valence-corrected chi connectivity index (χ4v) is 2.24. The van der Waals surface area contributed by atoms with E-state index in [4.69, 9.17) is 17.3 Å². The van der Waals surface area contributed by atoms with Crippen molar-refractivity contribution in [3.05, 3.63) is 23.2 Å². The molecule has 0 heterocycles. The third-order valence-corrected chi connectivity index (χ3v) is 3.72. The Labute approximate surface area is 112 Å². The van der Waals surface area contributed by atoms with Crippen molar-refractivity contribution < 1.29 is 4.79 Å². The quantitative estimate of drug-likeness (QED) is 0.878. The van der Waals surface area contributed by atoms with E-state index in [9.17, 15) is 4.79 Å². The van der Waals surface area contributed by atoms with Crippen LogP contribution < -0.4 is 16.0 Å². The summed E-state index contributed by atoms with van der Waals surface area (Å²) in [5, 5.41) is 3.50. The molecule has 1 aromatic rings. The Morgan fingerprint density at radius 3 is 2.61 bits per heavy atom. The molecule has 1 aliphatic rings. The number of anilines is 2. The van der Waals surface area contributed by atoms with Gasteiger partial charge < -0.3 is 16.0 Å². The van der Waals surface area contributed by atoms with Gasteiger partial charge in [-0.2, -0.15) is 0 Å². The van der Waals surface area contributed by atoms with Gasteiger partial charge in [-0.3, -0.25) is 4.79 Å². The van der Waals surface area contributed by atoms with E-state index in [1.165, 1.54) is 0 Å². The maximum absolute atomic E-state index is 12.0. The zero-order valence-electron chi connectivity index (χ0n) is 10.7. The topological polar surface area (TPSA) is 58.4 Å². The number of nitrogens with two attached hydrogens (primary N) is 1. The van der Waals surface area contributed by atoms with Crippen LogP contribution in [0.25, 0.3) is 0 Å². The van der Waals surface area contributed by atoms with Crippen LogP contribution in [-0.2, 0) is 4.79 Å². The third-order valence-electron chi connectivity index (χ3n) is 3.41. The summed E-state index contributed by atoms with van der Waals surface area (Å²) in [6.45, 7) is 0.405. The van der Waals surface area contributed by atoms with Gasteiger partial charge in [-0.05, 0) is 31.0 Å². The van der Waals surface area contributed by atoms with Gasteiger partial charge in [-0.15, -0.1) is 0 Å². The van der Waals surface area contributed by atoms with Gasteiger partial charge in [0.1, 0.15) is 0 Å². The van der Waals surface area contributed by atoms with Crippen molar-refractivity contribution in [2.75, 3.05) is 30.9 Å². The first-order valence-corrected chi connectivity index (χ1v) is 6.35. The van der Waals surface area contributed by atoms with Crippen molar-refractivity contribution in [2.45, 2.75) is 12.8 Å². The molecule has 3 N–H and O–H groups in total. The number of rotatable bonds is 4. The van der Waals surface area contributed by atoms with Gasteiger partial charge >= 0.3 is 0 Å². The highest BCUT2D eigenvalue weighted by Gasteiger charge is 2.48. The number of benzene rings is 1. The first-order chi connectivity index (χ1) is 8.48. The molecule has 1 aliphatic carbocycles. The Kier molecular flexibility index (Phi) is 3.50. The Bertz CT molecular complexity index is 469. The molecule has 98 valence electrons. The van der Waals surface area contributed by atoms with Crippen LogP contribution >= 0.6 is 11.6 Å². The number of carbonyl (C=O) groups excluding carboxylic acids is 1. The lowest BCUT2D eigenvalue weighted by molar-refractivity contribution is -0.120. The van der Waals surface area contributed by atoms with Gasteiger partial charge in [-0.25, -0.2) is 0 Å². The summed E-state index contributed by atoms with van der Waals surface area (Å²) < 4.78 is 0. The molecule has 5 heteroatoms. The average Bonchev–Trinajstić information content (AvgIpc) is 3.09. The van der Waals surface area contributed by atoms with Crippen molar-refractivity contribution >= 4 is 28.9 Å². The zero-order chi connectivity index (χ0) is 13.3. The van der Waals surface area contributed by atoms with E-state index in [0.717, 1.165) is 24.2 Å². The SMILES string of the molecule is CN(C)c1ccc(NC(=O)C2(CN)CC2)cc1Cl. The number of hydrogen-bond acceptors (Lipinski definition) is 3. The number of amides is 1. The smallest absolute Gasteiger partial charge is 0.231 e. The normalized spacial score (nSPS) is 16.2.